The number of nitrogens with zero attached hydrogens (tertiary/aromatic N) is 1. The molecular formula is C13H17FN2O4. The molecule has 110 valence electrons. The summed E-state index contributed by atoms with van der Waals surface area (Å²) in [7, 11) is 0. The second-order valence-corrected chi connectivity index (χ2v) is 5.34. The number of benzene rings is 1. The lowest BCUT2D eigenvalue weighted by molar-refractivity contribution is -0.385. The number of ether oxygens (including phenoxy) is 2. The Kier molecular flexibility index (Phi) is 4.20. The molecular weight excluding hydrogens is 267 g/mol. The largest absolute Gasteiger partial charge is 0.490 e. The van der Waals surface area contributed by atoms with Crippen molar-refractivity contribution < 1.29 is 18.8 Å². The van der Waals surface area contributed by atoms with Crippen molar-refractivity contribution in [3.8, 4) is 5.75 Å². The van der Waals surface area contributed by atoms with Crippen molar-refractivity contribution in [1.29, 1.82) is 0 Å². The van der Waals surface area contributed by atoms with E-state index in [1.54, 1.807) is 0 Å². The molecule has 6 nitrogen and oxygen atoms in total. The Morgan fingerprint density at radius 3 is 2.95 bits per heavy atom. The number of rotatable bonds is 4. The van der Waals surface area contributed by atoms with Crippen LogP contribution in [0.1, 0.15) is 13.8 Å². The van der Waals surface area contributed by atoms with E-state index in [4.69, 9.17) is 9.47 Å². The molecule has 1 aliphatic heterocycles. The van der Waals surface area contributed by atoms with Crippen molar-refractivity contribution in [2.45, 2.75) is 25.6 Å². The number of hydrogen-bond donors (Lipinski definition) is 1. The summed E-state index contributed by atoms with van der Waals surface area (Å²) in [6, 6.07) is 3.17. The van der Waals surface area contributed by atoms with Gasteiger partial charge in [0, 0.05) is 19.2 Å². The smallest absolute Gasteiger partial charge is 0.276 e. The summed E-state index contributed by atoms with van der Waals surface area (Å²) in [5, 5.41) is 13.9. The first-order valence-corrected chi connectivity index (χ1v) is 6.32. The Hall–Kier alpha value is -1.73. The van der Waals surface area contributed by atoms with Gasteiger partial charge in [0.2, 0.25) is 0 Å². The molecule has 1 aromatic rings. The van der Waals surface area contributed by atoms with Crippen LogP contribution in [0.15, 0.2) is 18.2 Å². The van der Waals surface area contributed by atoms with Crippen LogP contribution in [0.5, 0.6) is 5.75 Å². The maximum atomic E-state index is 13.2. The molecule has 0 spiro atoms. The molecule has 0 saturated carbocycles. The van der Waals surface area contributed by atoms with Gasteiger partial charge < -0.3 is 14.8 Å². The SMILES string of the molecule is CC1(C)CNCC(COc2cc(F)cc([N+](=O)[O-])c2)O1. The van der Waals surface area contributed by atoms with Crippen LogP contribution in [0.4, 0.5) is 10.1 Å². The minimum atomic E-state index is -0.697. The Morgan fingerprint density at radius 2 is 2.30 bits per heavy atom. The van der Waals surface area contributed by atoms with E-state index < -0.39 is 10.7 Å². The van der Waals surface area contributed by atoms with Gasteiger partial charge >= 0.3 is 0 Å². The molecule has 1 aliphatic rings. The molecule has 20 heavy (non-hydrogen) atoms. The van der Waals surface area contributed by atoms with Gasteiger partial charge in [-0.3, -0.25) is 10.1 Å². The zero-order valence-electron chi connectivity index (χ0n) is 11.4. The number of nitro benzene ring substituents is 1. The summed E-state index contributed by atoms with van der Waals surface area (Å²) in [6.45, 7) is 5.49. The molecule has 1 saturated heterocycles. The third-order valence-electron chi connectivity index (χ3n) is 2.91. The fourth-order valence-corrected chi connectivity index (χ4v) is 2.09. The predicted octanol–water partition coefficient (Wildman–Crippen LogP) is 1.88. The normalized spacial score (nSPS) is 21.4. The minimum Gasteiger partial charge on any atom is -0.490 e. The van der Waals surface area contributed by atoms with Crippen molar-refractivity contribution >= 4 is 5.69 Å². The Bertz CT molecular complexity index is 507. The lowest BCUT2D eigenvalue weighted by Gasteiger charge is -2.36. The van der Waals surface area contributed by atoms with Gasteiger partial charge in [-0.2, -0.15) is 0 Å². The van der Waals surface area contributed by atoms with Gasteiger partial charge in [0.25, 0.3) is 5.69 Å². The van der Waals surface area contributed by atoms with Crippen molar-refractivity contribution in [1.82, 2.24) is 5.32 Å². The average Bonchev–Trinajstić information content (AvgIpc) is 2.34. The van der Waals surface area contributed by atoms with Crippen LogP contribution in [0.2, 0.25) is 0 Å². The number of non-ortho nitro benzene ring substituents is 1. The summed E-state index contributed by atoms with van der Waals surface area (Å²) >= 11 is 0. The number of morpholine rings is 1. The number of hydrogen-bond acceptors (Lipinski definition) is 5. The van der Waals surface area contributed by atoms with Gasteiger partial charge in [-0.15, -0.1) is 0 Å². The van der Waals surface area contributed by atoms with Crippen molar-refractivity contribution in [3.63, 3.8) is 0 Å². The second-order valence-electron chi connectivity index (χ2n) is 5.34. The van der Waals surface area contributed by atoms with Crippen molar-refractivity contribution in [3.05, 3.63) is 34.1 Å². The maximum absolute atomic E-state index is 13.2. The molecule has 1 heterocycles. The predicted molar refractivity (Wildman–Crippen MR) is 70.4 cm³/mol. The standard InChI is InChI=1S/C13H17FN2O4/c1-13(2)8-15-6-12(20-13)7-19-11-4-9(14)3-10(5-11)16(17)18/h3-5,12,15H,6-8H2,1-2H3. The summed E-state index contributed by atoms with van der Waals surface area (Å²) < 4.78 is 24.4. The number of nitrogens with one attached hydrogen (secondary N) is 1. The zero-order valence-corrected chi connectivity index (χ0v) is 11.4. The molecule has 1 unspecified atom stereocenters. The quantitative estimate of drug-likeness (QED) is 0.675. The number of nitro groups is 1. The Balaban J connectivity index is 1.98. The first kappa shape index (κ1) is 14.7. The van der Waals surface area contributed by atoms with Crippen molar-refractivity contribution in [2.24, 2.45) is 0 Å². The Labute approximate surface area is 116 Å². The van der Waals surface area contributed by atoms with E-state index in [-0.39, 0.29) is 29.7 Å². The van der Waals surface area contributed by atoms with Crippen LogP contribution < -0.4 is 10.1 Å². The molecule has 0 aliphatic carbocycles. The highest BCUT2D eigenvalue weighted by atomic mass is 19.1. The molecule has 0 aromatic heterocycles. The van der Waals surface area contributed by atoms with E-state index in [9.17, 15) is 14.5 Å². The molecule has 2 rings (SSSR count). The van der Waals surface area contributed by atoms with E-state index in [2.05, 4.69) is 5.32 Å². The fourth-order valence-electron chi connectivity index (χ4n) is 2.09. The highest BCUT2D eigenvalue weighted by Gasteiger charge is 2.28. The fraction of sp³-hybridized carbons (Fsp3) is 0.538. The summed E-state index contributed by atoms with van der Waals surface area (Å²) in [5.41, 5.74) is -0.622. The molecule has 1 atom stereocenters. The monoisotopic (exact) mass is 284 g/mol. The molecule has 1 aromatic carbocycles. The van der Waals surface area contributed by atoms with Crippen LogP contribution in [0.3, 0.4) is 0 Å². The van der Waals surface area contributed by atoms with E-state index in [0.717, 1.165) is 18.7 Å². The zero-order chi connectivity index (χ0) is 14.8. The average molecular weight is 284 g/mol. The van der Waals surface area contributed by atoms with Crippen LogP contribution in [-0.4, -0.2) is 36.3 Å². The molecule has 0 bridgehead atoms. The van der Waals surface area contributed by atoms with Gasteiger partial charge in [0.1, 0.15) is 24.3 Å². The van der Waals surface area contributed by atoms with Gasteiger partial charge in [0.15, 0.2) is 0 Å². The van der Waals surface area contributed by atoms with Crippen LogP contribution in [0.25, 0.3) is 0 Å². The van der Waals surface area contributed by atoms with Gasteiger partial charge in [-0.25, -0.2) is 4.39 Å². The molecule has 1 N–H and O–H groups in total. The van der Waals surface area contributed by atoms with Gasteiger partial charge in [-0.1, -0.05) is 0 Å². The minimum absolute atomic E-state index is 0.128. The summed E-state index contributed by atoms with van der Waals surface area (Å²) in [5.74, 6) is -0.569. The first-order valence-electron chi connectivity index (χ1n) is 6.32. The molecule has 0 radical (unpaired) electrons. The summed E-state index contributed by atoms with van der Waals surface area (Å²) in [6.07, 6.45) is -0.180. The van der Waals surface area contributed by atoms with Crippen molar-refractivity contribution in [2.75, 3.05) is 19.7 Å². The van der Waals surface area contributed by atoms with E-state index in [0.29, 0.717) is 6.54 Å². The maximum Gasteiger partial charge on any atom is 0.276 e. The lowest BCUT2D eigenvalue weighted by atomic mass is 10.1. The highest BCUT2D eigenvalue weighted by molar-refractivity contribution is 5.38. The van der Waals surface area contributed by atoms with Crippen LogP contribution in [-0.2, 0) is 4.74 Å². The number of halogens is 1. The van der Waals surface area contributed by atoms with E-state index >= 15 is 0 Å². The third kappa shape index (κ3) is 3.88. The van der Waals surface area contributed by atoms with Crippen LogP contribution >= 0.6 is 0 Å². The highest BCUT2D eigenvalue weighted by Crippen LogP contribution is 2.23. The second kappa shape index (κ2) is 5.72. The molecule has 7 heteroatoms. The van der Waals surface area contributed by atoms with Gasteiger partial charge in [-0.05, 0) is 13.8 Å². The van der Waals surface area contributed by atoms with E-state index in [1.165, 1.54) is 6.07 Å². The molecule has 0 amide bonds. The molecule has 1 fully saturated rings. The van der Waals surface area contributed by atoms with Gasteiger partial charge in [0.05, 0.1) is 22.7 Å². The summed E-state index contributed by atoms with van der Waals surface area (Å²) in [4.78, 5) is 9.99. The first-order chi connectivity index (χ1) is 9.35. The topological polar surface area (TPSA) is 73.6 Å². The Morgan fingerprint density at radius 1 is 1.55 bits per heavy atom. The third-order valence-corrected chi connectivity index (χ3v) is 2.91. The van der Waals surface area contributed by atoms with Crippen LogP contribution in [0, 0.1) is 15.9 Å². The lowest BCUT2D eigenvalue weighted by Crippen LogP contribution is -2.52. The van der Waals surface area contributed by atoms with E-state index in [1.807, 2.05) is 13.8 Å².